The number of benzene rings is 3. The Morgan fingerprint density at radius 2 is 1.49 bits per heavy atom. The topological polar surface area (TPSA) is 138 Å². The number of hydrogen-bond donors (Lipinski definition) is 1. The minimum Gasteiger partial charge on any atom is -0.497 e. The van der Waals surface area contributed by atoms with Gasteiger partial charge in [0.1, 0.15) is 18.0 Å². The Kier molecular flexibility index (Phi) is 9.15. The zero-order valence-corrected chi connectivity index (χ0v) is 22.8. The molecule has 0 atom stereocenters. The molecular weight excluding hydrogens is 528 g/mol. The van der Waals surface area contributed by atoms with Crippen LogP contribution in [0.3, 0.4) is 0 Å². The highest BCUT2D eigenvalue weighted by Gasteiger charge is 2.30. The molecule has 0 aliphatic heterocycles. The summed E-state index contributed by atoms with van der Waals surface area (Å²) in [7, 11) is 0.824. The molecule has 0 aromatic heterocycles. The molecule has 0 radical (unpaired) electrons. The smallest absolute Gasteiger partial charge is 0.339 e. The number of amides is 1. The molecule has 0 aliphatic rings. The number of methoxy groups -OCH3 is 4. The van der Waals surface area contributed by atoms with Gasteiger partial charge in [-0.05, 0) is 49.4 Å². The van der Waals surface area contributed by atoms with Crippen LogP contribution < -0.4 is 19.1 Å². The van der Waals surface area contributed by atoms with E-state index in [1.807, 2.05) is 6.92 Å². The average Bonchev–Trinajstić information content (AvgIpc) is 2.94. The van der Waals surface area contributed by atoms with Crippen molar-refractivity contribution in [1.29, 1.82) is 0 Å². The number of anilines is 2. The Morgan fingerprint density at radius 1 is 0.821 bits per heavy atom. The third-order valence-electron chi connectivity index (χ3n) is 5.67. The van der Waals surface area contributed by atoms with Crippen LogP contribution in [0.25, 0.3) is 0 Å². The summed E-state index contributed by atoms with van der Waals surface area (Å²) in [5.41, 5.74) is 0.826. The fourth-order valence-corrected chi connectivity index (χ4v) is 5.05. The SMILES string of the molecule is COC(=O)c1ccc(C(=O)OC)c(NC(=O)CN(c2cc(OC)ccc2OC)S(=O)(=O)c2ccc(C)cc2)c1. The summed E-state index contributed by atoms with van der Waals surface area (Å²) < 4.78 is 48.6. The maximum atomic E-state index is 13.8. The van der Waals surface area contributed by atoms with Crippen molar-refractivity contribution in [3.05, 3.63) is 77.4 Å². The van der Waals surface area contributed by atoms with Crippen molar-refractivity contribution in [2.24, 2.45) is 0 Å². The van der Waals surface area contributed by atoms with E-state index in [1.165, 1.54) is 63.8 Å². The van der Waals surface area contributed by atoms with Gasteiger partial charge in [0.05, 0.1) is 55.8 Å². The minimum absolute atomic E-state index is 0.0454. The molecule has 0 bridgehead atoms. The molecule has 0 saturated heterocycles. The van der Waals surface area contributed by atoms with Crippen LogP contribution in [0.1, 0.15) is 26.3 Å². The summed E-state index contributed by atoms with van der Waals surface area (Å²) in [6.07, 6.45) is 0. The van der Waals surface area contributed by atoms with Gasteiger partial charge in [-0.1, -0.05) is 17.7 Å². The van der Waals surface area contributed by atoms with Crippen molar-refractivity contribution in [3.8, 4) is 11.5 Å². The van der Waals surface area contributed by atoms with Gasteiger partial charge in [0.15, 0.2) is 0 Å². The molecule has 39 heavy (non-hydrogen) atoms. The van der Waals surface area contributed by atoms with Crippen LogP contribution in [0.2, 0.25) is 0 Å². The summed E-state index contributed by atoms with van der Waals surface area (Å²) >= 11 is 0. The van der Waals surface area contributed by atoms with Crippen LogP contribution in [0.4, 0.5) is 11.4 Å². The molecule has 3 rings (SSSR count). The van der Waals surface area contributed by atoms with Crippen LogP contribution in [0, 0.1) is 6.92 Å². The standard InChI is InChI=1S/C27H28N2O9S/c1-17-6-10-20(11-7-17)39(33,34)29(23-15-19(35-2)9-13-24(23)36-3)16-25(30)28-22-14-18(26(31)37-4)8-12-21(22)27(32)38-5/h6-15H,16H2,1-5H3,(H,28,30). The molecule has 3 aromatic carbocycles. The molecule has 0 unspecified atom stereocenters. The molecule has 0 heterocycles. The maximum absolute atomic E-state index is 13.8. The first-order chi connectivity index (χ1) is 18.5. The zero-order chi connectivity index (χ0) is 28.7. The van der Waals surface area contributed by atoms with E-state index in [-0.39, 0.29) is 33.1 Å². The first-order valence-corrected chi connectivity index (χ1v) is 12.9. The van der Waals surface area contributed by atoms with Crippen molar-refractivity contribution in [2.75, 3.05) is 44.6 Å². The number of rotatable bonds is 10. The number of ether oxygens (including phenoxy) is 4. The van der Waals surface area contributed by atoms with E-state index in [0.29, 0.717) is 5.75 Å². The fourth-order valence-electron chi connectivity index (χ4n) is 3.63. The Hall–Kier alpha value is -4.58. The lowest BCUT2D eigenvalue weighted by molar-refractivity contribution is -0.114. The van der Waals surface area contributed by atoms with Crippen molar-refractivity contribution >= 4 is 39.2 Å². The summed E-state index contributed by atoms with van der Waals surface area (Å²) in [5.74, 6) is -1.80. The number of esters is 2. The van der Waals surface area contributed by atoms with Crippen LogP contribution in [-0.2, 0) is 24.3 Å². The Labute approximate surface area is 226 Å². The lowest BCUT2D eigenvalue weighted by atomic mass is 10.1. The van der Waals surface area contributed by atoms with E-state index in [1.54, 1.807) is 18.2 Å². The maximum Gasteiger partial charge on any atom is 0.339 e. The van der Waals surface area contributed by atoms with Gasteiger partial charge >= 0.3 is 11.9 Å². The third-order valence-corrected chi connectivity index (χ3v) is 7.44. The number of carbonyl (C=O) groups excluding carboxylic acids is 3. The minimum atomic E-state index is -4.30. The second kappa shape index (κ2) is 12.3. The predicted octanol–water partition coefficient (Wildman–Crippen LogP) is 3.42. The molecule has 0 spiro atoms. The Bertz CT molecular complexity index is 1490. The first kappa shape index (κ1) is 29.0. The van der Waals surface area contributed by atoms with Crippen LogP contribution in [0.5, 0.6) is 11.5 Å². The Balaban J connectivity index is 2.09. The van der Waals surface area contributed by atoms with E-state index in [9.17, 15) is 22.8 Å². The van der Waals surface area contributed by atoms with Crippen LogP contribution in [-0.4, -0.2) is 61.2 Å². The van der Waals surface area contributed by atoms with E-state index in [0.717, 1.165) is 17.0 Å². The molecular formula is C27H28N2O9S. The number of hydrogen-bond acceptors (Lipinski definition) is 9. The van der Waals surface area contributed by atoms with Crippen LogP contribution >= 0.6 is 0 Å². The van der Waals surface area contributed by atoms with Crippen molar-refractivity contribution in [3.63, 3.8) is 0 Å². The molecule has 0 fully saturated rings. The second-order valence-electron chi connectivity index (χ2n) is 8.15. The highest BCUT2D eigenvalue weighted by molar-refractivity contribution is 7.92. The lowest BCUT2D eigenvalue weighted by Gasteiger charge is -2.26. The highest BCUT2D eigenvalue weighted by atomic mass is 32.2. The summed E-state index contributed by atoms with van der Waals surface area (Å²) in [4.78, 5) is 37.6. The van der Waals surface area contributed by atoms with Crippen LogP contribution in [0.15, 0.2) is 65.6 Å². The van der Waals surface area contributed by atoms with Crippen molar-refractivity contribution in [1.82, 2.24) is 0 Å². The van der Waals surface area contributed by atoms with Gasteiger partial charge in [-0.3, -0.25) is 9.10 Å². The number of carbonyl (C=O) groups is 3. The summed E-state index contributed by atoms with van der Waals surface area (Å²) in [6, 6.07) is 14.5. The average molecular weight is 557 g/mol. The van der Waals surface area contributed by atoms with Gasteiger partial charge < -0.3 is 24.3 Å². The highest BCUT2D eigenvalue weighted by Crippen LogP contribution is 2.36. The monoisotopic (exact) mass is 556 g/mol. The third kappa shape index (κ3) is 6.47. The summed E-state index contributed by atoms with van der Waals surface area (Å²) in [5, 5.41) is 2.52. The molecule has 3 aromatic rings. The lowest BCUT2D eigenvalue weighted by Crippen LogP contribution is -2.38. The van der Waals surface area contributed by atoms with Gasteiger partial charge in [-0.15, -0.1) is 0 Å². The van der Waals surface area contributed by atoms with E-state index in [2.05, 4.69) is 5.32 Å². The molecule has 206 valence electrons. The molecule has 1 N–H and O–H groups in total. The largest absolute Gasteiger partial charge is 0.497 e. The molecule has 1 amide bonds. The van der Waals surface area contributed by atoms with E-state index in [4.69, 9.17) is 18.9 Å². The number of sulfonamides is 1. The molecule has 11 nitrogen and oxygen atoms in total. The zero-order valence-electron chi connectivity index (χ0n) is 22.0. The molecule has 0 saturated carbocycles. The normalized spacial score (nSPS) is 10.8. The predicted molar refractivity (Wildman–Crippen MR) is 143 cm³/mol. The van der Waals surface area contributed by atoms with Gasteiger partial charge in [-0.2, -0.15) is 0 Å². The second-order valence-corrected chi connectivity index (χ2v) is 10.0. The first-order valence-electron chi connectivity index (χ1n) is 11.5. The fraction of sp³-hybridized carbons (Fsp3) is 0.222. The van der Waals surface area contributed by atoms with Crippen molar-refractivity contribution < 1.29 is 41.7 Å². The van der Waals surface area contributed by atoms with Gasteiger partial charge in [0.25, 0.3) is 10.0 Å². The number of nitrogens with one attached hydrogen (secondary N) is 1. The van der Waals surface area contributed by atoms with Crippen molar-refractivity contribution in [2.45, 2.75) is 11.8 Å². The quantitative estimate of drug-likeness (QED) is 0.372. The van der Waals surface area contributed by atoms with Gasteiger partial charge in [0, 0.05) is 6.07 Å². The van der Waals surface area contributed by atoms with Gasteiger partial charge in [0.2, 0.25) is 5.91 Å². The number of nitrogens with zero attached hydrogens (tertiary/aromatic N) is 1. The summed E-state index contributed by atoms with van der Waals surface area (Å²) in [6.45, 7) is 1.09. The van der Waals surface area contributed by atoms with E-state index < -0.39 is 34.4 Å². The number of aryl methyl sites for hydroxylation is 1. The molecule has 0 aliphatic carbocycles. The Morgan fingerprint density at radius 3 is 2.08 bits per heavy atom. The van der Waals surface area contributed by atoms with Gasteiger partial charge in [-0.25, -0.2) is 18.0 Å². The van der Waals surface area contributed by atoms with E-state index >= 15 is 0 Å². The molecule has 12 heteroatoms.